The summed E-state index contributed by atoms with van der Waals surface area (Å²) in [4.78, 5) is 2.53. The normalized spacial score (nSPS) is 28.0. The Labute approximate surface area is 75.6 Å². The summed E-state index contributed by atoms with van der Waals surface area (Å²) in [6.07, 6.45) is 3.53. The number of nitrogens with zero attached hydrogens (tertiary/aromatic N) is 1. The fourth-order valence-corrected chi connectivity index (χ4v) is 1.82. The van der Waals surface area contributed by atoms with Gasteiger partial charge in [-0.05, 0) is 31.7 Å². The quantitative estimate of drug-likeness (QED) is 0.654. The summed E-state index contributed by atoms with van der Waals surface area (Å²) in [5, 5.41) is 8.72. The molecular weight excluding hydrogens is 150 g/mol. The second-order valence-electron chi connectivity index (χ2n) is 3.89. The highest BCUT2D eigenvalue weighted by molar-refractivity contribution is 4.91. The van der Waals surface area contributed by atoms with Gasteiger partial charge in [0.2, 0.25) is 0 Å². The molecule has 1 N–H and O–H groups in total. The van der Waals surface area contributed by atoms with E-state index in [1.54, 1.807) is 0 Å². The minimum Gasteiger partial charge on any atom is -0.396 e. The van der Waals surface area contributed by atoms with Crippen LogP contribution in [0.15, 0.2) is 0 Å². The fraction of sp³-hybridized carbons (Fsp3) is 1.00. The molecule has 0 amide bonds. The van der Waals surface area contributed by atoms with Gasteiger partial charge in [-0.25, -0.2) is 0 Å². The van der Waals surface area contributed by atoms with Crippen molar-refractivity contribution in [1.29, 1.82) is 0 Å². The molecule has 12 heavy (non-hydrogen) atoms. The zero-order valence-electron chi connectivity index (χ0n) is 8.29. The molecule has 0 radical (unpaired) electrons. The van der Waals surface area contributed by atoms with Gasteiger partial charge in [0.25, 0.3) is 0 Å². The largest absolute Gasteiger partial charge is 0.396 e. The van der Waals surface area contributed by atoms with Gasteiger partial charge in [-0.1, -0.05) is 13.8 Å². The van der Waals surface area contributed by atoms with Crippen molar-refractivity contribution in [3.05, 3.63) is 0 Å². The molecule has 0 bridgehead atoms. The lowest BCUT2D eigenvalue weighted by molar-refractivity contribution is 0.212. The van der Waals surface area contributed by atoms with E-state index in [0.717, 1.165) is 24.9 Å². The Morgan fingerprint density at radius 2 is 2.08 bits per heavy atom. The molecule has 72 valence electrons. The predicted octanol–water partition coefficient (Wildman–Crippen LogP) is 1.49. The average Bonchev–Trinajstić information content (AvgIpc) is 2.76. The molecule has 0 heterocycles. The molecule has 2 unspecified atom stereocenters. The van der Waals surface area contributed by atoms with E-state index in [1.165, 1.54) is 19.4 Å². The van der Waals surface area contributed by atoms with E-state index in [2.05, 4.69) is 18.7 Å². The van der Waals surface area contributed by atoms with Crippen LogP contribution in [0.1, 0.15) is 33.1 Å². The van der Waals surface area contributed by atoms with Gasteiger partial charge in [0.1, 0.15) is 0 Å². The number of rotatable bonds is 6. The molecule has 1 saturated carbocycles. The molecule has 0 aromatic rings. The summed E-state index contributed by atoms with van der Waals surface area (Å²) >= 11 is 0. The Balaban J connectivity index is 2.19. The Morgan fingerprint density at radius 3 is 2.50 bits per heavy atom. The summed E-state index contributed by atoms with van der Waals surface area (Å²) in [5.74, 6) is 0.898. The summed E-state index contributed by atoms with van der Waals surface area (Å²) in [6.45, 7) is 7.15. The minimum atomic E-state index is 0.335. The standard InChI is InChI=1S/C10H21NO/c1-3-5-11(6-4-7-12)10-8-9(10)2/h9-10,12H,3-8H2,1-2H3. The molecule has 0 aromatic carbocycles. The van der Waals surface area contributed by atoms with Crippen molar-refractivity contribution in [2.24, 2.45) is 5.92 Å². The van der Waals surface area contributed by atoms with Gasteiger partial charge >= 0.3 is 0 Å². The van der Waals surface area contributed by atoms with Gasteiger partial charge in [0.15, 0.2) is 0 Å². The third-order valence-electron chi connectivity index (χ3n) is 2.65. The van der Waals surface area contributed by atoms with Crippen LogP contribution in [-0.4, -0.2) is 35.7 Å². The monoisotopic (exact) mass is 171 g/mol. The van der Waals surface area contributed by atoms with Crippen LogP contribution in [0.2, 0.25) is 0 Å². The van der Waals surface area contributed by atoms with Crippen molar-refractivity contribution in [2.75, 3.05) is 19.7 Å². The topological polar surface area (TPSA) is 23.5 Å². The number of aliphatic hydroxyl groups is 1. The zero-order chi connectivity index (χ0) is 8.97. The first-order valence-electron chi connectivity index (χ1n) is 5.14. The molecule has 0 aromatic heterocycles. The highest BCUT2D eigenvalue weighted by atomic mass is 16.3. The maximum Gasteiger partial charge on any atom is 0.0443 e. The first-order chi connectivity index (χ1) is 5.79. The average molecular weight is 171 g/mol. The molecule has 1 fully saturated rings. The van der Waals surface area contributed by atoms with Gasteiger partial charge in [-0.3, -0.25) is 0 Å². The van der Waals surface area contributed by atoms with Crippen LogP contribution in [0.4, 0.5) is 0 Å². The summed E-state index contributed by atoms with van der Waals surface area (Å²) in [5.41, 5.74) is 0. The van der Waals surface area contributed by atoms with E-state index in [-0.39, 0.29) is 0 Å². The Hall–Kier alpha value is -0.0800. The van der Waals surface area contributed by atoms with Crippen LogP contribution in [0.25, 0.3) is 0 Å². The van der Waals surface area contributed by atoms with Crippen molar-refractivity contribution >= 4 is 0 Å². The number of hydrogen-bond acceptors (Lipinski definition) is 2. The molecular formula is C10H21NO. The van der Waals surface area contributed by atoms with Crippen molar-refractivity contribution < 1.29 is 5.11 Å². The van der Waals surface area contributed by atoms with Crippen molar-refractivity contribution in [2.45, 2.75) is 39.2 Å². The van der Waals surface area contributed by atoms with E-state index in [1.807, 2.05) is 0 Å². The van der Waals surface area contributed by atoms with Crippen LogP contribution < -0.4 is 0 Å². The second kappa shape index (κ2) is 4.83. The Kier molecular flexibility index (Phi) is 4.02. The van der Waals surface area contributed by atoms with Crippen molar-refractivity contribution in [1.82, 2.24) is 4.90 Å². The molecule has 0 saturated heterocycles. The maximum atomic E-state index is 8.72. The maximum absolute atomic E-state index is 8.72. The molecule has 0 spiro atoms. The van der Waals surface area contributed by atoms with Crippen LogP contribution in [-0.2, 0) is 0 Å². The van der Waals surface area contributed by atoms with E-state index < -0.39 is 0 Å². The molecule has 2 atom stereocenters. The van der Waals surface area contributed by atoms with Gasteiger partial charge in [0, 0.05) is 19.2 Å². The lowest BCUT2D eigenvalue weighted by Gasteiger charge is -2.21. The second-order valence-corrected chi connectivity index (χ2v) is 3.89. The van der Waals surface area contributed by atoms with E-state index in [4.69, 9.17) is 5.11 Å². The molecule has 1 rings (SSSR count). The lowest BCUT2D eigenvalue weighted by atomic mass is 10.3. The number of aliphatic hydroxyl groups excluding tert-OH is 1. The summed E-state index contributed by atoms with van der Waals surface area (Å²) in [7, 11) is 0. The van der Waals surface area contributed by atoms with Gasteiger partial charge in [-0.2, -0.15) is 0 Å². The van der Waals surface area contributed by atoms with E-state index >= 15 is 0 Å². The molecule has 2 heteroatoms. The SMILES string of the molecule is CCCN(CCCO)C1CC1C. The lowest BCUT2D eigenvalue weighted by Crippen LogP contribution is -2.29. The summed E-state index contributed by atoms with van der Waals surface area (Å²) in [6, 6.07) is 0.830. The van der Waals surface area contributed by atoms with Gasteiger partial charge in [0.05, 0.1) is 0 Å². The first kappa shape index (κ1) is 10.0. The van der Waals surface area contributed by atoms with Gasteiger partial charge in [-0.15, -0.1) is 0 Å². The fourth-order valence-electron chi connectivity index (χ4n) is 1.82. The highest BCUT2D eigenvalue weighted by Crippen LogP contribution is 2.34. The van der Waals surface area contributed by atoms with E-state index in [9.17, 15) is 0 Å². The third kappa shape index (κ3) is 2.76. The zero-order valence-corrected chi connectivity index (χ0v) is 8.29. The molecule has 1 aliphatic carbocycles. The van der Waals surface area contributed by atoms with Crippen LogP contribution in [0.3, 0.4) is 0 Å². The highest BCUT2D eigenvalue weighted by Gasteiger charge is 2.36. The molecule has 0 aliphatic heterocycles. The minimum absolute atomic E-state index is 0.335. The predicted molar refractivity (Wildman–Crippen MR) is 51.1 cm³/mol. The Bertz CT molecular complexity index is 127. The van der Waals surface area contributed by atoms with Crippen LogP contribution in [0.5, 0.6) is 0 Å². The first-order valence-corrected chi connectivity index (χ1v) is 5.14. The smallest absolute Gasteiger partial charge is 0.0443 e. The Morgan fingerprint density at radius 1 is 1.42 bits per heavy atom. The van der Waals surface area contributed by atoms with Gasteiger partial charge < -0.3 is 10.0 Å². The van der Waals surface area contributed by atoms with Crippen molar-refractivity contribution in [3.8, 4) is 0 Å². The molecule has 1 aliphatic rings. The summed E-state index contributed by atoms with van der Waals surface area (Å²) < 4.78 is 0. The van der Waals surface area contributed by atoms with E-state index in [0.29, 0.717) is 6.61 Å². The third-order valence-corrected chi connectivity index (χ3v) is 2.65. The number of hydrogen-bond donors (Lipinski definition) is 1. The van der Waals surface area contributed by atoms with Crippen LogP contribution in [0, 0.1) is 5.92 Å². The molecule has 2 nitrogen and oxygen atoms in total. The van der Waals surface area contributed by atoms with Crippen molar-refractivity contribution in [3.63, 3.8) is 0 Å². The van der Waals surface area contributed by atoms with Crippen LogP contribution >= 0.6 is 0 Å².